The monoisotopic (exact) mass is 465 g/mol. The minimum atomic E-state index is -3.03. The average Bonchev–Trinajstić information content (AvgIpc) is 2.75. The molecule has 3 heterocycles. The molecule has 32 heavy (non-hydrogen) atoms. The van der Waals surface area contributed by atoms with Crippen molar-refractivity contribution < 1.29 is 21.6 Å². The number of sulfone groups is 1. The van der Waals surface area contributed by atoms with Crippen LogP contribution < -0.4 is 10.2 Å². The van der Waals surface area contributed by atoms with Crippen LogP contribution in [-0.2, 0) is 9.84 Å². The number of nitrogens with zero attached hydrogens (tertiary/aromatic N) is 4. The zero-order valence-corrected chi connectivity index (χ0v) is 18.3. The highest BCUT2D eigenvalue weighted by atomic mass is 32.2. The summed E-state index contributed by atoms with van der Waals surface area (Å²) in [5, 5.41) is 12.0. The third kappa shape index (κ3) is 4.34. The van der Waals surface area contributed by atoms with Gasteiger partial charge in [0.2, 0.25) is 0 Å². The van der Waals surface area contributed by atoms with Crippen LogP contribution in [0.15, 0.2) is 30.5 Å². The zero-order valence-electron chi connectivity index (χ0n) is 17.5. The van der Waals surface area contributed by atoms with Gasteiger partial charge >= 0.3 is 0 Å². The van der Waals surface area contributed by atoms with Gasteiger partial charge in [0, 0.05) is 24.0 Å². The topological polar surface area (TPSA) is 88.1 Å². The maximum atomic E-state index is 14.6. The first-order valence-corrected chi connectivity index (χ1v) is 11.9. The van der Waals surface area contributed by atoms with Crippen LogP contribution in [0.4, 0.5) is 24.7 Å². The fourth-order valence-electron chi connectivity index (χ4n) is 3.75. The van der Waals surface area contributed by atoms with Gasteiger partial charge in [-0.2, -0.15) is 5.10 Å². The van der Waals surface area contributed by atoms with Crippen molar-refractivity contribution in [3.8, 4) is 0 Å². The molecule has 0 bridgehead atoms. The lowest BCUT2D eigenvalue weighted by Crippen LogP contribution is -2.40. The molecule has 3 aromatic rings. The molecule has 1 fully saturated rings. The molecule has 0 spiro atoms. The molecule has 0 saturated carbocycles. The molecule has 1 aliphatic rings. The Morgan fingerprint density at radius 3 is 2.50 bits per heavy atom. The SMILES string of the molecule is Cc1nnc(N[C@H](C)c2cccc(C(F)F)c2F)c2cc(N3CCS(=O)(=O)CC3)cnc12. The summed E-state index contributed by atoms with van der Waals surface area (Å²) in [6.45, 7) is 4.12. The van der Waals surface area contributed by atoms with Crippen LogP contribution in [-0.4, -0.2) is 48.2 Å². The minimum absolute atomic E-state index is 0.0700. The van der Waals surface area contributed by atoms with E-state index in [1.807, 2.05) is 11.0 Å². The molecular formula is C21H22F3N5O2S. The maximum absolute atomic E-state index is 14.6. The van der Waals surface area contributed by atoms with E-state index >= 15 is 0 Å². The Labute approximate surface area is 183 Å². The number of anilines is 2. The number of alkyl halides is 2. The molecule has 1 N–H and O–H groups in total. The highest BCUT2D eigenvalue weighted by Crippen LogP contribution is 2.31. The number of rotatable bonds is 5. The van der Waals surface area contributed by atoms with Crippen molar-refractivity contribution in [1.29, 1.82) is 0 Å². The second-order valence-electron chi connectivity index (χ2n) is 7.78. The van der Waals surface area contributed by atoms with Gasteiger partial charge in [-0.15, -0.1) is 5.10 Å². The molecule has 11 heteroatoms. The Balaban J connectivity index is 1.68. The Kier molecular flexibility index (Phi) is 5.93. The minimum Gasteiger partial charge on any atom is -0.368 e. The Hall–Kier alpha value is -2.95. The molecule has 1 aliphatic heterocycles. The number of aryl methyl sites for hydroxylation is 1. The van der Waals surface area contributed by atoms with Crippen molar-refractivity contribution in [1.82, 2.24) is 15.2 Å². The molecule has 1 saturated heterocycles. The summed E-state index contributed by atoms with van der Waals surface area (Å²) in [6.07, 6.45) is -1.25. The van der Waals surface area contributed by atoms with Gasteiger partial charge in [-0.25, -0.2) is 21.6 Å². The molecule has 7 nitrogen and oxygen atoms in total. The van der Waals surface area contributed by atoms with E-state index in [9.17, 15) is 21.6 Å². The number of benzene rings is 1. The Morgan fingerprint density at radius 2 is 1.81 bits per heavy atom. The van der Waals surface area contributed by atoms with Gasteiger partial charge in [-0.05, 0) is 19.9 Å². The Bertz CT molecular complexity index is 1260. The van der Waals surface area contributed by atoms with Crippen LogP contribution in [0.2, 0.25) is 0 Å². The smallest absolute Gasteiger partial charge is 0.266 e. The molecule has 0 amide bonds. The van der Waals surface area contributed by atoms with Gasteiger partial charge in [-0.1, -0.05) is 18.2 Å². The van der Waals surface area contributed by atoms with E-state index in [0.717, 1.165) is 11.8 Å². The van der Waals surface area contributed by atoms with Gasteiger partial charge < -0.3 is 10.2 Å². The van der Waals surface area contributed by atoms with Gasteiger partial charge in [-0.3, -0.25) is 4.98 Å². The number of aromatic nitrogens is 3. The number of fused-ring (bicyclic) bond motifs is 1. The summed E-state index contributed by atoms with van der Waals surface area (Å²) < 4.78 is 64.3. The predicted molar refractivity (Wildman–Crippen MR) is 116 cm³/mol. The second-order valence-corrected chi connectivity index (χ2v) is 10.1. The van der Waals surface area contributed by atoms with Crippen molar-refractivity contribution >= 4 is 32.2 Å². The summed E-state index contributed by atoms with van der Waals surface area (Å²) in [5.74, 6) is -0.486. The standard InChI is InChI=1S/C21H22F3N5O2S/c1-12(15-4-3-5-16(18(15)22)20(23)24)26-21-17-10-14(11-25-19(17)13(2)27-28-21)29-6-8-32(30,31)9-7-29/h3-5,10-12,20H,6-9H2,1-2H3,(H,26,28)/t12-/m1/s1. The van der Waals surface area contributed by atoms with E-state index in [-0.39, 0.29) is 17.1 Å². The van der Waals surface area contributed by atoms with Crippen LogP contribution in [0.5, 0.6) is 0 Å². The van der Waals surface area contributed by atoms with Crippen LogP contribution in [0.3, 0.4) is 0 Å². The third-order valence-corrected chi connectivity index (χ3v) is 7.20. The molecular weight excluding hydrogens is 443 g/mol. The van der Waals surface area contributed by atoms with Gasteiger partial charge in [0.15, 0.2) is 15.7 Å². The number of nitrogens with one attached hydrogen (secondary N) is 1. The van der Waals surface area contributed by atoms with Crippen molar-refractivity contribution in [3.63, 3.8) is 0 Å². The zero-order chi connectivity index (χ0) is 23.0. The molecule has 170 valence electrons. The molecule has 0 unspecified atom stereocenters. The summed E-state index contributed by atoms with van der Waals surface area (Å²) in [4.78, 5) is 6.41. The summed E-state index contributed by atoms with van der Waals surface area (Å²) in [6, 6.07) is 5.06. The number of pyridine rings is 1. The normalized spacial score (nSPS) is 17.0. The van der Waals surface area contributed by atoms with E-state index < -0.39 is 33.7 Å². The van der Waals surface area contributed by atoms with E-state index in [1.165, 1.54) is 12.1 Å². The number of hydrogen-bond donors (Lipinski definition) is 1. The lowest BCUT2D eigenvalue weighted by molar-refractivity contribution is 0.146. The lowest BCUT2D eigenvalue weighted by Gasteiger charge is -2.28. The van der Waals surface area contributed by atoms with E-state index in [2.05, 4.69) is 20.5 Å². The van der Waals surface area contributed by atoms with Gasteiger partial charge in [0.05, 0.1) is 46.2 Å². The summed E-state index contributed by atoms with van der Waals surface area (Å²) in [5.41, 5.74) is 1.35. The highest BCUT2D eigenvalue weighted by Gasteiger charge is 2.24. The van der Waals surface area contributed by atoms with E-state index in [0.29, 0.717) is 35.5 Å². The quantitative estimate of drug-likeness (QED) is 0.613. The molecule has 2 aromatic heterocycles. The molecule has 1 atom stereocenters. The van der Waals surface area contributed by atoms with Crippen molar-refractivity contribution in [2.75, 3.05) is 34.8 Å². The van der Waals surface area contributed by atoms with E-state index in [4.69, 9.17) is 0 Å². The van der Waals surface area contributed by atoms with Crippen LogP contribution in [0.25, 0.3) is 10.9 Å². The average molecular weight is 466 g/mol. The molecule has 0 aliphatic carbocycles. The Morgan fingerprint density at radius 1 is 1.12 bits per heavy atom. The molecule has 1 aromatic carbocycles. The van der Waals surface area contributed by atoms with Crippen LogP contribution in [0.1, 0.15) is 36.2 Å². The molecule has 0 radical (unpaired) electrons. The third-order valence-electron chi connectivity index (χ3n) is 5.59. The summed E-state index contributed by atoms with van der Waals surface area (Å²) in [7, 11) is -3.03. The predicted octanol–water partition coefficient (Wildman–Crippen LogP) is 3.82. The van der Waals surface area contributed by atoms with E-state index in [1.54, 1.807) is 20.0 Å². The first-order chi connectivity index (χ1) is 15.2. The highest BCUT2D eigenvalue weighted by molar-refractivity contribution is 7.91. The fourth-order valence-corrected chi connectivity index (χ4v) is 4.95. The van der Waals surface area contributed by atoms with Crippen LogP contribution in [0, 0.1) is 12.7 Å². The van der Waals surface area contributed by atoms with Gasteiger partial charge in [0.25, 0.3) is 6.43 Å². The summed E-state index contributed by atoms with van der Waals surface area (Å²) >= 11 is 0. The number of hydrogen-bond acceptors (Lipinski definition) is 7. The van der Waals surface area contributed by atoms with Crippen molar-refractivity contribution in [2.24, 2.45) is 0 Å². The number of halogens is 3. The van der Waals surface area contributed by atoms with Crippen LogP contribution >= 0.6 is 0 Å². The second kappa shape index (κ2) is 8.53. The first kappa shape index (κ1) is 22.3. The van der Waals surface area contributed by atoms with Gasteiger partial charge in [0.1, 0.15) is 5.82 Å². The first-order valence-electron chi connectivity index (χ1n) is 10.1. The maximum Gasteiger partial charge on any atom is 0.266 e. The van der Waals surface area contributed by atoms with Crippen molar-refractivity contribution in [2.45, 2.75) is 26.3 Å². The largest absolute Gasteiger partial charge is 0.368 e. The fraction of sp³-hybridized carbons (Fsp3) is 0.381. The van der Waals surface area contributed by atoms with Crippen molar-refractivity contribution in [3.05, 3.63) is 53.1 Å². The molecule has 4 rings (SSSR count). The lowest BCUT2D eigenvalue weighted by atomic mass is 10.0.